The highest BCUT2D eigenvalue weighted by Crippen LogP contribution is 2.27. The predicted molar refractivity (Wildman–Crippen MR) is 99.1 cm³/mol. The lowest BCUT2D eigenvalue weighted by Gasteiger charge is -2.36. The molecule has 1 saturated heterocycles. The van der Waals surface area contributed by atoms with Crippen molar-refractivity contribution in [2.75, 3.05) is 19.6 Å². The zero-order valence-electron chi connectivity index (χ0n) is 15.9. The predicted octanol–water partition coefficient (Wildman–Crippen LogP) is 4.66. The molecular weight excluding hydrogens is 282 g/mol. The molecule has 1 aromatic carbocycles. The molecule has 23 heavy (non-hydrogen) atoms. The minimum atomic E-state index is 0.282. The van der Waals surface area contributed by atoms with E-state index >= 15 is 0 Å². The summed E-state index contributed by atoms with van der Waals surface area (Å²) in [7, 11) is 0. The van der Waals surface area contributed by atoms with Crippen molar-refractivity contribution in [2.24, 2.45) is 5.92 Å². The van der Waals surface area contributed by atoms with Crippen LogP contribution in [0.1, 0.15) is 59.1 Å². The molecule has 0 aliphatic carbocycles. The molecule has 2 nitrogen and oxygen atoms in total. The van der Waals surface area contributed by atoms with Gasteiger partial charge in [0.1, 0.15) is 0 Å². The van der Waals surface area contributed by atoms with Gasteiger partial charge in [-0.2, -0.15) is 0 Å². The van der Waals surface area contributed by atoms with Crippen LogP contribution < -0.4 is 0 Å². The molecule has 1 aliphatic rings. The molecular formula is C21H35NO. The summed E-state index contributed by atoms with van der Waals surface area (Å²) in [6.45, 7) is 17.0. The maximum absolute atomic E-state index is 5.83. The summed E-state index contributed by atoms with van der Waals surface area (Å²) in [5, 5.41) is 0. The second-order valence-electron chi connectivity index (χ2n) is 8.22. The Kier molecular flexibility index (Phi) is 6.27. The van der Waals surface area contributed by atoms with E-state index in [1.54, 1.807) is 0 Å². The Balaban J connectivity index is 1.89. The van der Waals surface area contributed by atoms with Crippen molar-refractivity contribution in [2.45, 2.75) is 72.0 Å². The number of rotatable bonds is 6. The van der Waals surface area contributed by atoms with Crippen molar-refractivity contribution in [3.63, 3.8) is 0 Å². The summed E-state index contributed by atoms with van der Waals surface area (Å²) < 4.78 is 5.83. The van der Waals surface area contributed by atoms with Gasteiger partial charge in [0, 0.05) is 19.6 Å². The molecule has 0 bridgehead atoms. The minimum absolute atomic E-state index is 0.282. The molecule has 0 aromatic heterocycles. The second kappa shape index (κ2) is 7.81. The van der Waals surface area contributed by atoms with Crippen LogP contribution in [0.5, 0.6) is 0 Å². The summed E-state index contributed by atoms with van der Waals surface area (Å²) in [6.07, 6.45) is 3.06. The molecule has 1 aromatic rings. The number of hydrogen-bond acceptors (Lipinski definition) is 2. The Hall–Kier alpha value is -0.860. The van der Waals surface area contributed by atoms with Crippen molar-refractivity contribution >= 4 is 0 Å². The van der Waals surface area contributed by atoms with Crippen molar-refractivity contribution in [1.29, 1.82) is 0 Å². The number of hydrogen-bond donors (Lipinski definition) is 0. The minimum Gasteiger partial charge on any atom is -0.373 e. The third-order valence-electron chi connectivity index (χ3n) is 5.27. The van der Waals surface area contributed by atoms with E-state index in [-0.39, 0.29) is 5.41 Å². The van der Waals surface area contributed by atoms with E-state index in [1.165, 1.54) is 24.1 Å². The van der Waals surface area contributed by atoms with E-state index in [4.69, 9.17) is 4.74 Å². The van der Waals surface area contributed by atoms with Gasteiger partial charge in [-0.05, 0) is 49.1 Å². The van der Waals surface area contributed by atoms with Gasteiger partial charge < -0.3 is 4.74 Å². The maximum atomic E-state index is 5.83. The first-order valence-electron chi connectivity index (χ1n) is 9.27. The highest BCUT2D eigenvalue weighted by molar-refractivity contribution is 5.28. The summed E-state index contributed by atoms with van der Waals surface area (Å²) in [6, 6.07) is 9.30. The van der Waals surface area contributed by atoms with E-state index in [0.29, 0.717) is 18.1 Å². The van der Waals surface area contributed by atoms with Gasteiger partial charge in [-0.25, -0.2) is 0 Å². The van der Waals surface area contributed by atoms with Gasteiger partial charge in [0.2, 0.25) is 0 Å². The zero-order chi connectivity index (χ0) is 17.0. The van der Waals surface area contributed by atoms with E-state index in [0.717, 1.165) is 19.5 Å². The van der Waals surface area contributed by atoms with Crippen molar-refractivity contribution < 1.29 is 4.74 Å². The Morgan fingerprint density at radius 3 is 2.22 bits per heavy atom. The largest absolute Gasteiger partial charge is 0.373 e. The monoisotopic (exact) mass is 317 g/mol. The zero-order valence-corrected chi connectivity index (χ0v) is 15.9. The van der Waals surface area contributed by atoms with Crippen LogP contribution in [-0.2, 0) is 16.6 Å². The van der Waals surface area contributed by atoms with Crippen LogP contribution in [0, 0.1) is 5.92 Å². The second-order valence-corrected chi connectivity index (χ2v) is 8.22. The standard InChI is InChI=1S/C21H35NO/c1-7-21(5,6)20-10-8-19(9-11-20)12-16(2)13-22-14-17(3)23-18(4)15-22/h8-11,16-18H,7,12-15H2,1-6H3/t16?,17-,18-/m0/s1. The third-order valence-corrected chi connectivity index (χ3v) is 5.27. The van der Waals surface area contributed by atoms with Gasteiger partial charge in [-0.3, -0.25) is 4.90 Å². The molecule has 1 unspecified atom stereocenters. The summed E-state index contributed by atoms with van der Waals surface area (Å²) in [5.41, 5.74) is 3.19. The van der Waals surface area contributed by atoms with Gasteiger partial charge in [0.05, 0.1) is 12.2 Å². The topological polar surface area (TPSA) is 12.5 Å². The molecule has 0 N–H and O–H groups in total. The fourth-order valence-corrected chi connectivity index (χ4v) is 3.64. The fourth-order valence-electron chi connectivity index (χ4n) is 3.64. The van der Waals surface area contributed by atoms with Gasteiger partial charge in [0.25, 0.3) is 0 Å². The number of morpholine rings is 1. The van der Waals surface area contributed by atoms with Gasteiger partial charge in [0.15, 0.2) is 0 Å². The first-order valence-corrected chi connectivity index (χ1v) is 9.27. The number of benzene rings is 1. The van der Waals surface area contributed by atoms with Crippen LogP contribution in [-0.4, -0.2) is 36.7 Å². The normalized spacial score (nSPS) is 24.6. The molecule has 1 fully saturated rings. The Bertz CT molecular complexity index is 469. The van der Waals surface area contributed by atoms with E-state index < -0.39 is 0 Å². The summed E-state index contributed by atoms with van der Waals surface area (Å²) in [4.78, 5) is 2.57. The van der Waals surface area contributed by atoms with Crippen LogP contribution in [0.25, 0.3) is 0 Å². The average molecular weight is 318 g/mol. The highest BCUT2D eigenvalue weighted by Gasteiger charge is 2.23. The SMILES string of the molecule is CCC(C)(C)c1ccc(CC(C)CN2C[C@H](C)O[C@@H](C)C2)cc1. The fraction of sp³-hybridized carbons (Fsp3) is 0.714. The van der Waals surface area contributed by atoms with E-state index in [9.17, 15) is 0 Å². The van der Waals surface area contributed by atoms with Gasteiger partial charge in [-0.1, -0.05) is 52.0 Å². The number of nitrogens with zero attached hydrogens (tertiary/aromatic N) is 1. The van der Waals surface area contributed by atoms with Crippen LogP contribution in [0.2, 0.25) is 0 Å². The van der Waals surface area contributed by atoms with Crippen LogP contribution in [0.4, 0.5) is 0 Å². The first-order chi connectivity index (χ1) is 10.8. The van der Waals surface area contributed by atoms with E-state index in [2.05, 4.69) is 70.7 Å². The molecule has 0 amide bonds. The van der Waals surface area contributed by atoms with Crippen LogP contribution in [0.15, 0.2) is 24.3 Å². The lowest BCUT2D eigenvalue weighted by atomic mass is 9.82. The lowest BCUT2D eigenvalue weighted by molar-refractivity contribution is -0.0708. The van der Waals surface area contributed by atoms with Crippen molar-refractivity contribution in [3.8, 4) is 0 Å². The van der Waals surface area contributed by atoms with Crippen molar-refractivity contribution in [3.05, 3.63) is 35.4 Å². The molecule has 3 atom stereocenters. The lowest BCUT2D eigenvalue weighted by Crippen LogP contribution is -2.47. The highest BCUT2D eigenvalue weighted by atomic mass is 16.5. The Morgan fingerprint density at radius 2 is 1.70 bits per heavy atom. The molecule has 1 aliphatic heterocycles. The van der Waals surface area contributed by atoms with Crippen molar-refractivity contribution in [1.82, 2.24) is 4.90 Å². The quantitative estimate of drug-likeness (QED) is 0.756. The average Bonchev–Trinajstić information content (AvgIpc) is 2.46. The molecule has 0 saturated carbocycles. The molecule has 1 heterocycles. The first kappa shape index (κ1) is 18.5. The molecule has 2 heteroatoms. The molecule has 0 spiro atoms. The molecule has 2 rings (SSSR count). The van der Waals surface area contributed by atoms with Gasteiger partial charge in [-0.15, -0.1) is 0 Å². The van der Waals surface area contributed by atoms with E-state index in [1.807, 2.05) is 0 Å². The van der Waals surface area contributed by atoms with Gasteiger partial charge >= 0.3 is 0 Å². The summed E-state index contributed by atoms with van der Waals surface area (Å²) >= 11 is 0. The molecule has 130 valence electrons. The Morgan fingerprint density at radius 1 is 1.13 bits per heavy atom. The Labute approximate surface area is 143 Å². The van der Waals surface area contributed by atoms with Crippen LogP contribution >= 0.6 is 0 Å². The number of ether oxygens (including phenoxy) is 1. The van der Waals surface area contributed by atoms with Crippen LogP contribution in [0.3, 0.4) is 0 Å². The third kappa shape index (κ3) is 5.32. The smallest absolute Gasteiger partial charge is 0.0678 e. The maximum Gasteiger partial charge on any atom is 0.0678 e. The molecule has 0 radical (unpaired) electrons. The summed E-state index contributed by atoms with van der Waals surface area (Å²) in [5.74, 6) is 0.678.